The predicted octanol–water partition coefficient (Wildman–Crippen LogP) is 4.10. The van der Waals surface area contributed by atoms with Crippen LogP contribution in [0.5, 0.6) is 11.5 Å². The van der Waals surface area contributed by atoms with E-state index in [1.165, 1.54) is 36.4 Å². The van der Waals surface area contributed by atoms with E-state index in [2.05, 4.69) is 15.9 Å². The molecule has 0 fully saturated rings. The molecular weight excluding hydrogens is 292 g/mol. The normalized spacial score (nSPS) is 10.3. The van der Waals surface area contributed by atoms with Crippen molar-refractivity contribution in [3.63, 3.8) is 0 Å². The molecule has 2 aromatic rings. The van der Waals surface area contributed by atoms with Crippen molar-refractivity contribution in [1.29, 1.82) is 0 Å². The average Bonchev–Trinajstić information content (AvgIpc) is 2.22. The zero-order valence-electron chi connectivity index (χ0n) is 8.58. The summed E-state index contributed by atoms with van der Waals surface area (Å²) >= 11 is 3.21. The highest BCUT2D eigenvalue weighted by molar-refractivity contribution is 9.10. The lowest BCUT2D eigenvalue weighted by Gasteiger charge is -2.08. The van der Waals surface area contributed by atoms with Gasteiger partial charge in [-0.25, -0.2) is 8.78 Å². The number of anilines is 1. The van der Waals surface area contributed by atoms with E-state index >= 15 is 0 Å². The van der Waals surface area contributed by atoms with Crippen LogP contribution in [0.15, 0.2) is 40.9 Å². The van der Waals surface area contributed by atoms with E-state index < -0.39 is 11.6 Å². The summed E-state index contributed by atoms with van der Waals surface area (Å²) in [7, 11) is 0. The third-order valence-electron chi connectivity index (χ3n) is 2.01. The molecule has 5 heteroatoms. The first-order valence-electron chi connectivity index (χ1n) is 4.73. The molecule has 0 atom stereocenters. The summed E-state index contributed by atoms with van der Waals surface area (Å²) in [5, 5.41) is 0. The molecule has 2 nitrogen and oxygen atoms in total. The Labute approximate surface area is 105 Å². The van der Waals surface area contributed by atoms with Gasteiger partial charge in [0.15, 0.2) is 0 Å². The fraction of sp³-hybridized carbons (Fsp3) is 0. The Balaban J connectivity index is 2.34. The molecule has 0 amide bonds. The minimum atomic E-state index is -0.507. The number of rotatable bonds is 2. The van der Waals surface area contributed by atoms with Crippen LogP contribution in [-0.2, 0) is 0 Å². The Kier molecular flexibility index (Phi) is 3.28. The van der Waals surface area contributed by atoms with E-state index in [4.69, 9.17) is 10.5 Å². The van der Waals surface area contributed by atoms with Crippen LogP contribution in [0.2, 0.25) is 0 Å². The summed E-state index contributed by atoms with van der Waals surface area (Å²) in [5.41, 5.74) is 5.72. The van der Waals surface area contributed by atoms with Gasteiger partial charge in [-0.1, -0.05) is 0 Å². The Morgan fingerprint density at radius 1 is 1.00 bits per heavy atom. The van der Waals surface area contributed by atoms with Gasteiger partial charge in [-0.05, 0) is 34.1 Å². The molecule has 0 spiro atoms. The second-order valence-corrected chi connectivity index (χ2v) is 4.25. The zero-order chi connectivity index (χ0) is 12.4. The highest BCUT2D eigenvalue weighted by Crippen LogP contribution is 2.31. The molecule has 17 heavy (non-hydrogen) atoms. The summed E-state index contributed by atoms with van der Waals surface area (Å²) in [6.45, 7) is 0. The molecule has 0 saturated carbocycles. The monoisotopic (exact) mass is 299 g/mol. The maximum Gasteiger partial charge on any atom is 0.144 e. The van der Waals surface area contributed by atoms with Crippen molar-refractivity contribution in [2.24, 2.45) is 0 Å². The van der Waals surface area contributed by atoms with Crippen LogP contribution in [0.3, 0.4) is 0 Å². The molecule has 0 unspecified atom stereocenters. The van der Waals surface area contributed by atoms with E-state index in [9.17, 15) is 8.78 Å². The second-order valence-electron chi connectivity index (χ2n) is 3.40. The quantitative estimate of drug-likeness (QED) is 0.847. The fourth-order valence-electron chi connectivity index (χ4n) is 1.33. The van der Waals surface area contributed by atoms with Gasteiger partial charge in [-0.15, -0.1) is 0 Å². The number of nitrogen functional groups attached to an aromatic ring is 1. The van der Waals surface area contributed by atoms with Crippen molar-refractivity contribution in [3.05, 3.63) is 52.5 Å². The van der Waals surface area contributed by atoms with Gasteiger partial charge in [0.05, 0.1) is 4.47 Å². The van der Waals surface area contributed by atoms with Gasteiger partial charge >= 0.3 is 0 Å². The number of hydrogen-bond donors (Lipinski definition) is 1. The molecule has 2 N–H and O–H groups in total. The molecule has 0 saturated heterocycles. The second kappa shape index (κ2) is 4.71. The first-order valence-corrected chi connectivity index (χ1v) is 5.53. The lowest BCUT2D eigenvalue weighted by molar-refractivity contribution is 0.469. The third-order valence-corrected chi connectivity index (χ3v) is 2.67. The van der Waals surface area contributed by atoms with Crippen LogP contribution >= 0.6 is 15.9 Å². The summed E-state index contributed by atoms with van der Waals surface area (Å²) in [6, 6.07) is 7.80. The molecule has 0 heterocycles. The Hall–Kier alpha value is -1.62. The number of nitrogens with two attached hydrogens (primary N) is 1. The fourth-order valence-corrected chi connectivity index (χ4v) is 1.65. The largest absolute Gasteiger partial charge is 0.456 e. The Bertz CT molecular complexity index is 540. The molecule has 0 radical (unpaired) electrons. The highest BCUT2D eigenvalue weighted by Gasteiger charge is 2.06. The van der Waals surface area contributed by atoms with E-state index in [0.29, 0.717) is 4.47 Å². The Morgan fingerprint density at radius 2 is 1.76 bits per heavy atom. The van der Waals surface area contributed by atoms with E-state index in [1.807, 2.05) is 0 Å². The maximum atomic E-state index is 13.1. The van der Waals surface area contributed by atoms with Gasteiger partial charge in [0, 0.05) is 23.9 Å². The van der Waals surface area contributed by atoms with Crippen LogP contribution < -0.4 is 10.5 Å². The van der Waals surface area contributed by atoms with Gasteiger partial charge in [0.2, 0.25) is 0 Å². The molecule has 0 aliphatic rings. The SMILES string of the molecule is Nc1cc(F)cc(Oc2cc(F)ccc2Br)c1. The maximum absolute atomic E-state index is 13.1. The average molecular weight is 300 g/mol. The molecule has 2 rings (SSSR count). The van der Waals surface area contributed by atoms with Crippen molar-refractivity contribution in [3.8, 4) is 11.5 Å². The molecule has 0 aliphatic heterocycles. The first-order chi connectivity index (χ1) is 8.04. The highest BCUT2D eigenvalue weighted by atomic mass is 79.9. The number of ether oxygens (including phenoxy) is 1. The molecular formula is C12H8BrF2NO. The van der Waals surface area contributed by atoms with Crippen molar-refractivity contribution >= 4 is 21.6 Å². The van der Waals surface area contributed by atoms with Crippen molar-refractivity contribution in [1.82, 2.24) is 0 Å². The molecule has 0 aliphatic carbocycles. The predicted molar refractivity (Wildman–Crippen MR) is 65.0 cm³/mol. The van der Waals surface area contributed by atoms with Gasteiger partial charge in [-0.3, -0.25) is 0 Å². The van der Waals surface area contributed by atoms with Gasteiger partial charge in [0.1, 0.15) is 23.1 Å². The van der Waals surface area contributed by atoms with Crippen LogP contribution in [0.1, 0.15) is 0 Å². The van der Waals surface area contributed by atoms with E-state index in [0.717, 1.165) is 0 Å². The Morgan fingerprint density at radius 3 is 2.47 bits per heavy atom. The summed E-state index contributed by atoms with van der Waals surface area (Å²) < 4.78 is 32.0. The van der Waals surface area contributed by atoms with Crippen LogP contribution in [-0.4, -0.2) is 0 Å². The molecule has 2 aromatic carbocycles. The molecule has 88 valence electrons. The number of benzene rings is 2. The molecule has 0 bridgehead atoms. The van der Waals surface area contributed by atoms with Crippen LogP contribution in [0, 0.1) is 11.6 Å². The summed E-state index contributed by atoms with van der Waals surface area (Å²) in [4.78, 5) is 0. The first kappa shape index (κ1) is 11.9. The van der Waals surface area contributed by atoms with Crippen LogP contribution in [0.25, 0.3) is 0 Å². The molecule has 0 aromatic heterocycles. The minimum Gasteiger partial charge on any atom is -0.456 e. The lowest BCUT2D eigenvalue weighted by Crippen LogP contribution is -1.91. The summed E-state index contributed by atoms with van der Waals surface area (Å²) in [5.74, 6) is -0.469. The van der Waals surface area contributed by atoms with Gasteiger partial charge in [-0.2, -0.15) is 0 Å². The number of hydrogen-bond acceptors (Lipinski definition) is 2. The topological polar surface area (TPSA) is 35.2 Å². The lowest BCUT2D eigenvalue weighted by atomic mass is 10.3. The third kappa shape index (κ3) is 2.94. The van der Waals surface area contributed by atoms with Crippen molar-refractivity contribution < 1.29 is 13.5 Å². The smallest absolute Gasteiger partial charge is 0.144 e. The minimum absolute atomic E-state index is 0.216. The number of halogens is 3. The van der Waals surface area contributed by atoms with Gasteiger partial charge in [0.25, 0.3) is 0 Å². The van der Waals surface area contributed by atoms with Crippen molar-refractivity contribution in [2.75, 3.05) is 5.73 Å². The standard InChI is InChI=1S/C12H8BrF2NO/c13-11-2-1-7(14)5-12(11)17-10-4-8(15)3-9(16)6-10/h1-6H,16H2. The van der Waals surface area contributed by atoms with E-state index in [1.54, 1.807) is 0 Å². The van der Waals surface area contributed by atoms with Crippen molar-refractivity contribution in [2.45, 2.75) is 0 Å². The van der Waals surface area contributed by atoms with Crippen LogP contribution in [0.4, 0.5) is 14.5 Å². The zero-order valence-corrected chi connectivity index (χ0v) is 10.2. The summed E-state index contributed by atoms with van der Waals surface area (Å²) in [6.07, 6.45) is 0. The van der Waals surface area contributed by atoms with E-state index in [-0.39, 0.29) is 17.2 Å². The van der Waals surface area contributed by atoms with Gasteiger partial charge < -0.3 is 10.5 Å².